The van der Waals surface area contributed by atoms with Crippen LogP contribution in [-0.4, -0.2) is 46.0 Å². The van der Waals surface area contributed by atoms with Gasteiger partial charge in [-0.1, -0.05) is 5.21 Å². The van der Waals surface area contributed by atoms with E-state index in [1.807, 2.05) is 6.20 Å². The fourth-order valence-electron chi connectivity index (χ4n) is 2.35. The smallest absolute Gasteiger partial charge is 0.0964 e. The number of methoxy groups -OCH3 is 1. The maximum absolute atomic E-state index is 8.74. The quantitative estimate of drug-likeness (QED) is 0.733. The predicted molar refractivity (Wildman–Crippen MR) is 67.0 cm³/mol. The zero-order valence-corrected chi connectivity index (χ0v) is 10.9. The Labute approximate surface area is 107 Å². The molecule has 1 aliphatic carbocycles. The van der Waals surface area contributed by atoms with Crippen LogP contribution in [0.5, 0.6) is 0 Å². The molecule has 0 bridgehead atoms. The first kappa shape index (κ1) is 13.5. The molecule has 0 aromatic carbocycles. The number of ether oxygens (including phenoxy) is 1. The van der Waals surface area contributed by atoms with Gasteiger partial charge in [-0.2, -0.15) is 0 Å². The lowest BCUT2D eigenvalue weighted by Crippen LogP contribution is -2.26. The lowest BCUT2D eigenvalue weighted by atomic mass is 10.2. The van der Waals surface area contributed by atoms with Crippen LogP contribution in [0.2, 0.25) is 0 Å². The minimum Gasteiger partial charge on any atom is -0.396 e. The average Bonchev–Trinajstić information content (AvgIpc) is 3.03. The number of hydrogen-bond donors (Lipinski definition) is 2. The Hall–Kier alpha value is -0.980. The van der Waals surface area contributed by atoms with Gasteiger partial charge in [-0.05, 0) is 25.7 Å². The zero-order valence-electron chi connectivity index (χ0n) is 10.9. The first-order valence-electron chi connectivity index (χ1n) is 6.58. The molecule has 102 valence electrons. The summed E-state index contributed by atoms with van der Waals surface area (Å²) in [4.78, 5) is 0. The molecule has 2 atom stereocenters. The van der Waals surface area contributed by atoms with E-state index >= 15 is 0 Å². The second-order valence-corrected chi connectivity index (χ2v) is 4.80. The molecule has 0 aliphatic heterocycles. The minimum atomic E-state index is 0.188. The SMILES string of the molecule is COC1CCC(NCc2cn(CCCO)nn2)C1. The van der Waals surface area contributed by atoms with Crippen molar-refractivity contribution in [2.45, 2.75) is 50.9 Å². The molecule has 1 fully saturated rings. The summed E-state index contributed by atoms with van der Waals surface area (Å²) in [5, 5.41) is 20.4. The molecule has 2 N–H and O–H groups in total. The van der Waals surface area contributed by atoms with E-state index in [1.54, 1.807) is 11.8 Å². The van der Waals surface area contributed by atoms with E-state index in [-0.39, 0.29) is 6.61 Å². The van der Waals surface area contributed by atoms with Gasteiger partial charge in [0.25, 0.3) is 0 Å². The highest BCUT2D eigenvalue weighted by Gasteiger charge is 2.23. The van der Waals surface area contributed by atoms with Gasteiger partial charge in [0.05, 0.1) is 11.8 Å². The summed E-state index contributed by atoms with van der Waals surface area (Å²) >= 11 is 0. The second-order valence-electron chi connectivity index (χ2n) is 4.80. The maximum atomic E-state index is 8.74. The topological polar surface area (TPSA) is 72.2 Å². The third kappa shape index (κ3) is 3.76. The van der Waals surface area contributed by atoms with Gasteiger partial charge < -0.3 is 15.2 Å². The van der Waals surface area contributed by atoms with E-state index in [4.69, 9.17) is 9.84 Å². The van der Waals surface area contributed by atoms with Crippen molar-refractivity contribution < 1.29 is 9.84 Å². The number of hydrogen-bond acceptors (Lipinski definition) is 5. The van der Waals surface area contributed by atoms with E-state index in [2.05, 4.69) is 15.6 Å². The minimum absolute atomic E-state index is 0.188. The summed E-state index contributed by atoms with van der Waals surface area (Å²) in [6.45, 7) is 1.66. The Balaban J connectivity index is 1.71. The highest BCUT2D eigenvalue weighted by molar-refractivity contribution is 4.93. The molecule has 0 saturated heterocycles. The van der Waals surface area contributed by atoms with Gasteiger partial charge in [0.1, 0.15) is 0 Å². The molecule has 1 aromatic rings. The number of rotatable bonds is 7. The second kappa shape index (κ2) is 6.82. The molecule has 2 rings (SSSR count). The van der Waals surface area contributed by atoms with E-state index in [0.717, 1.165) is 38.0 Å². The molecule has 6 nitrogen and oxygen atoms in total. The van der Waals surface area contributed by atoms with Crippen LogP contribution in [-0.2, 0) is 17.8 Å². The Kier molecular flexibility index (Phi) is 5.10. The van der Waals surface area contributed by atoms with Crippen LogP contribution in [0.1, 0.15) is 31.4 Å². The van der Waals surface area contributed by atoms with Gasteiger partial charge in [0, 0.05) is 39.0 Å². The zero-order chi connectivity index (χ0) is 12.8. The average molecular weight is 254 g/mol. The number of aromatic nitrogens is 3. The van der Waals surface area contributed by atoms with Crippen molar-refractivity contribution in [3.05, 3.63) is 11.9 Å². The van der Waals surface area contributed by atoms with Crippen LogP contribution in [0.3, 0.4) is 0 Å². The van der Waals surface area contributed by atoms with Gasteiger partial charge >= 0.3 is 0 Å². The molecule has 0 spiro atoms. The first-order chi connectivity index (χ1) is 8.81. The monoisotopic (exact) mass is 254 g/mol. The van der Waals surface area contributed by atoms with Crippen molar-refractivity contribution in [1.29, 1.82) is 0 Å². The Morgan fingerprint density at radius 2 is 2.44 bits per heavy atom. The van der Waals surface area contributed by atoms with Crippen molar-refractivity contribution >= 4 is 0 Å². The number of aryl methyl sites for hydroxylation is 1. The summed E-state index contributed by atoms with van der Waals surface area (Å²) in [6, 6.07) is 0.526. The molecule has 2 unspecified atom stereocenters. The molecule has 0 radical (unpaired) electrons. The van der Waals surface area contributed by atoms with Gasteiger partial charge in [-0.25, -0.2) is 0 Å². The Bertz CT molecular complexity index is 356. The van der Waals surface area contributed by atoms with Crippen molar-refractivity contribution in [2.75, 3.05) is 13.7 Å². The van der Waals surface area contributed by atoms with Crippen LogP contribution < -0.4 is 5.32 Å². The molecule has 1 saturated carbocycles. The van der Waals surface area contributed by atoms with Crippen molar-refractivity contribution in [3.8, 4) is 0 Å². The van der Waals surface area contributed by atoms with E-state index in [1.165, 1.54) is 0 Å². The van der Waals surface area contributed by atoms with Gasteiger partial charge in [-0.15, -0.1) is 5.10 Å². The van der Waals surface area contributed by atoms with Crippen LogP contribution in [0.15, 0.2) is 6.20 Å². The van der Waals surface area contributed by atoms with Gasteiger partial charge in [-0.3, -0.25) is 4.68 Å². The Morgan fingerprint density at radius 3 is 3.17 bits per heavy atom. The molecular weight excluding hydrogens is 232 g/mol. The van der Waals surface area contributed by atoms with Crippen LogP contribution >= 0.6 is 0 Å². The lowest BCUT2D eigenvalue weighted by molar-refractivity contribution is 0.107. The lowest BCUT2D eigenvalue weighted by Gasteiger charge is -2.11. The number of nitrogens with one attached hydrogen (secondary N) is 1. The molecular formula is C12H22N4O2. The normalized spacial score (nSPS) is 23.7. The van der Waals surface area contributed by atoms with Crippen molar-refractivity contribution in [3.63, 3.8) is 0 Å². The summed E-state index contributed by atoms with van der Waals surface area (Å²) in [7, 11) is 1.78. The van der Waals surface area contributed by atoms with Gasteiger partial charge in [0.15, 0.2) is 0 Å². The van der Waals surface area contributed by atoms with Crippen molar-refractivity contribution in [1.82, 2.24) is 20.3 Å². The maximum Gasteiger partial charge on any atom is 0.0964 e. The largest absolute Gasteiger partial charge is 0.396 e. The van der Waals surface area contributed by atoms with E-state index in [0.29, 0.717) is 18.6 Å². The highest BCUT2D eigenvalue weighted by atomic mass is 16.5. The Morgan fingerprint density at radius 1 is 1.56 bits per heavy atom. The molecule has 1 aromatic heterocycles. The standard InChI is InChI=1S/C12H22N4O2/c1-18-12-4-3-10(7-12)13-8-11-9-16(15-14-11)5-2-6-17/h9-10,12-13,17H,2-8H2,1H3. The molecule has 18 heavy (non-hydrogen) atoms. The van der Waals surface area contributed by atoms with E-state index < -0.39 is 0 Å². The third-order valence-electron chi connectivity index (χ3n) is 3.42. The fourth-order valence-corrected chi connectivity index (χ4v) is 2.35. The van der Waals surface area contributed by atoms with Crippen molar-refractivity contribution in [2.24, 2.45) is 0 Å². The molecule has 1 aliphatic rings. The van der Waals surface area contributed by atoms with Gasteiger partial charge in [0.2, 0.25) is 0 Å². The number of aliphatic hydroxyl groups is 1. The molecule has 6 heteroatoms. The van der Waals surface area contributed by atoms with E-state index in [9.17, 15) is 0 Å². The summed E-state index contributed by atoms with van der Waals surface area (Å²) in [6.07, 6.45) is 6.44. The van der Waals surface area contributed by atoms with Crippen LogP contribution in [0.25, 0.3) is 0 Å². The number of aliphatic hydroxyl groups excluding tert-OH is 1. The molecule has 1 heterocycles. The fraction of sp³-hybridized carbons (Fsp3) is 0.833. The summed E-state index contributed by atoms with van der Waals surface area (Å²) in [5.74, 6) is 0. The highest BCUT2D eigenvalue weighted by Crippen LogP contribution is 2.21. The van der Waals surface area contributed by atoms with Crippen LogP contribution in [0, 0.1) is 0 Å². The molecule has 0 amide bonds. The third-order valence-corrected chi connectivity index (χ3v) is 3.42. The predicted octanol–water partition coefficient (Wildman–Crippen LogP) is 0.318. The van der Waals surface area contributed by atoms with Crippen LogP contribution in [0.4, 0.5) is 0 Å². The summed E-state index contributed by atoms with van der Waals surface area (Å²) in [5.41, 5.74) is 0.953. The first-order valence-corrected chi connectivity index (χ1v) is 6.58. The summed E-state index contributed by atoms with van der Waals surface area (Å²) < 4.78 is 7.12. The number of nitrogens with zero attached hydrogens (tertiary/aromatic N) is 3.